The molecule has 1 atom stereocenters. The Morgan fingerprint density at radius 1 is 1.18 bits per heavy atom. The van der Waals surface area contributed by atoms with Crippen molar-refractivity contribution < 1.29 is 9.47 Å². The first-order chi connectivity index (χ1) is 16.5. The third-order valence-corrected chi connectivity index (χ3v) is 6.56. The van der Waals surface area contributed by atoms with E-state index in [0.29, 0.717) is 18.5 Å². The van der Waals surface area contributed by atoms with Crippen molar-refractivity contribution in [2.24, 2.45) is 5.92 Å². The van der Waals surface area contributed by atoms with Gasteiger partial charge in [-0.25, -0.2) is 4.98 Å². The van der Waals surface area contributed by atoms with Gasteiger partial charge in [-0.05, 0) is 44.0 Å². The third kappa shape index (κ3) is 5.28. The highest BCUT2D eigenvalue weighted by molar-refractivity contribution is 5.77. The maximum Gasteiger partial charge on any atom is 0.229 e. The summed E-state index contributed by atoms with van der Waals surface area (Å²) in [6.07, 6.45) is 6.47. The van der Waals surface area contributed by atoms with Crippen molar-refractivity contribution in [3.05, 3.63) is 36.7 Å². The summed E-state index contributed by atoms with van der Waals surface area (Å²) in [7, 11) is 2.18. The van der Waals surface area contributed by atoms with Crippen LogP contribution in [0.15, 0.2) is 36.7 Å². The maximum absolute atomic E-state index is 6.25. The zero-order valence-electron chi connectivity index (χ0n) is 20.5. The topological polar surface area (TPSA) is 67.7 Å². The quantitative estimate of drug-likeness (QED) is 0.537. The third-order valence-electron chi connectivity index (χ3n) is 6.56. The molecule has 2 aliphatic rings. The van der Waals surface area contributed by atoms with Crippen LogP contribution in [-0.2, 0) is 11.3 Å². The second-order valence-electron chi connectivity index (χ2n) is 9.88. The van der Waals surface area contributed by atoms with Crippen molar-refractivity contribution in [2.75, 3.05) is 56.7 Å². The lowest BCUT2D eigenvalue weighted by atomic mass is 10.2. The Labute approximate surface area is 201 Å². The van der Waals surface area contributed by atoms with Gasteiger partial charge >= 0.3 is 0 Å². The van der Waals surface area contributed by atoms with Gasteiger partial charge in [-0.3, -0.25) is 0 Å². The molecule has 2 aliphatic heterocycles. The SMILES string of the molecule is CC(C)COc1cc(Nc2ncc3ccn(CC4CCCO4)c3n2)ccc1N1CCN(C)CC1. The minimum atomic E-state index is 0.268. The Morgan fingerprint density at radius 3 is 2.79 bits per heavy atom. The molecule has 2 fully saturated rings. The molecular formula is C26H36N6O2. The summed E-state index contributed by atoms with van der Waals surface area (Å²) >= 11 is 0. The van der Waals surface area contributed by atoms with Gasteiger partial charge in [0.1, 0.15) is 11.4 Å². The van der Waals surface area contributed by atoms with Gasteiger partial charge in [-0.15, -0.1) is 0 Å². The zero-order valence-corrected chi connectivity index (χ0v) is 20.5. The second-order valence-corrected chi connectivity index (χ2v) is 9.88. The number of anilines is 3. The monoisotopic (exact) mass is 464 g/mol. The average Bonchev–Trinajstić information content (AvgIpc) is 3.49. The molecule has 3 aromatic rings. The van der Waals surface area contributed by atoms with Crippen LogP contribution in [0.25, 0.3) is 11.0 Å². The largest absolute Gasteiger partial charge is 0.491 e. The van der Waals surface area contributed by atoms with Gasteiger partial charge in [0.2, 0.25) is 5.95 Å². The lowest BCUT2D eigenvalue weighted by Gasteiger charge is -2.35. The van der Waals surface area contributed by atoms with Gasteiger partial charge in [-0.2, -0.15) is 4.98 Å². The highest BCUT2D eigenvalue weighted by Gasteiger charge is 2.20. The van der Waals surface area contributed by atoms with Crippen molar-refractivity contribution in [1.29, 1.82) is 0 Å². The standard InChI is InChI=1S/C26H36N6O2/c1-19(2)18-34-24-15-21(6-7-23(24)31-12-10-30(3)11-13-31)28-26-27-16-20-8-9-32(25(20)29-26)17-22-5-4-14-33-22/h6-9,15-16,19,22H,4-5,10-14,17-18H2,1-3H3,(H,27,28,29). The van der Waals surface area contributed by atoms with Crippen LogP contribution in [0, 0.1) is 5.92 Å². The van der Waals surface area contributed by atoms with Gasteiger partial charge in [0, 0.05) is 62.3 Å². The summed E-state index contributed by atoms with van der Waals surface area (Å²) < 4.78 is 14.2. The lowest BCUT2D eigenvalue weighted by molar-refractivity contribution is 0.0979. The van der Waals surface area contributed by atoms with Crippen LogP contribution >= 0.6 is 0 Å². The summed E-state index contributed by atoms with van der Waals surface area (Å²) in [5, 5.41) is 4.44. The number of hydrogen-bond acceptors (Lipinski definition) is 7. The lowest BCUT2D eigenvalue weighted by Crippen LogP contribution is -2.44. The molecule has 0 spiro atoms. The van der Waals surface area contributed by atoms with Crippen LogP contribution in [0.1, 0.15) is 26.7 Å². The van der Waals surface area contributed by atoms with Crippen LogP contribution in [0.2, 0.25) is 0 Å². The fourth-order valence-electron chi connectivity index (χ4n) is 4.59. The summed E-state index contributed by atoms with van der Waals surface area (Å²) in [6, 6.07) is 8.39. The molecule has 1 N–H and O–H groups in total. The number of nitrogens with zero attached hydrogens (tertiary/aromatic N) is 5. The summed E-state index contributed by atoms with van der Waals surface area (Å²) in [5.41, 5.74) is 3.01. The number of benzene rings is 1. The molecule has 0 saturated carbocycles. The number of rotatable bonds is 8. The Kier molecular flexibility index (Phi) is 6.87. The second kappa shape index (κ2) is 10.2. The molecule has 34 heavy (non-hydrogen) atoms. The molecule has 0 aliphatic carbocycles. The van der Waals surface area contributed by atoms with E-state index < -0.39 is 0 Å². The van der Waals surface area contributed by atoms with Crippen LogP contribution < -0.4 is 15.0 Å². The fraction of sp³-hybridized carbons (Fsp3) is 0.538. The molecular weight excluding hydrogens is 428 g/mol. The van der Waals surface area contributed by atoms with Crippen molar-refractivity contribution in [1.82, 2.24) is 19.4 Å². The molecule has 1 unspecified atom stereocenters. The number of aromatic nitrogens is 3. The van der Waals surface area contributed by atoms with Gasteiger partial charge < -0.3 is 29.2 Å². The minimum absolute atomic E-state index is 0.268. The van der Waals surface area contributed by atoms with Gasteiger partial charge in [0.15, 0.2) is 0 Å². The first-order valence-corrected chi connectivity index (χ1v) is 12.5. The first kappa shape index (κ1) is 22.9. The molecule has 1 aromatic carbocycles. The van der Waals surface area contributed by atoms with E-state index in [9.17, 15) is 0 Å². The van der Waals surface area contributed by atoms with Crippen molar-refractivity contribution in [3.8, 4) is 5.75 Å². The van der Waals surface area contributed by atoms with Crippen molar-refractivity contribution >= 4 is 28.4 Å². The van der Waals surface area contributed by atoms with E-state index in [2.05, 4.69) is 76.0 Å². The van der Waals surface area contributed by atoms with E-state index in [-0.39, 0.29) is 6.10 Å². The molecule has 4 heterocycles. The molecule has 182 valence electrons. The van der Waals surface area contributed by atoms with E-state index in [1.807, 2.05) is 6.20 Å². The van der Waals surface area contributed by atoms with E-state index in [4.69, 9.17) is 14.5 Å². The van der Waals surface area contributed by atoms with E-state index in [1.54, 1.807) is 0 Å². The highest BCUT2D eigenvalue weighted by Crippen LogP contribution is 2.33. The molecule has 8 nitrogen and oxygen atoms in total. The molecule has 0 bridgehead atoms. The fourth-order valence-corrected chi connectivity index (χ4v) is 4.59. The average molecular weight is 465 g/mol. The number of ether oxygens (including phenoxy) is 2. The molecule has 8 heteroatoms. The molecule has 0 amide bonds. The smallest absolute Gasteiger partial charge is 0.229 e. The summed E-state index contributed by atoms with van der Waals surface area (Å²) in [4.78, 5) is 14.2. The maximum atomic E-state index is 6.25. The van der Waals surface area contributed by atoms with Crippen LogP contribution in [0.5, 0.6) is 5.75 Å². The number of nitrogens with one attached hydrogen (secondary N) is 1. The van der Waals surface area contributed by atoms with Gasteiger partial charge in [0.25, 0.3) is 0 Å². The van der Waals surface area contributed by atoms with E-state index in [1.165, 1.54) is 0 Å². The minimum Gasteiger partial charge on any atom is -0.491 e. The van der Waals surface area contributed by atoms with E-state index >= 15 is 0 Å². The number of piperazine rings is 1. The normalized spacial score (nSPS) is 19.3. The van der Waals surface area contributed by atoms with Gasteiger partial charge in [-0.1, -0.05) is 13.8 Å². The summed E-state index contributed by atoms with van der Waals surface area (Å²) in [6.45, 7) is 10.8. The molecule has 2 saturated heterocycles. The summed E-state index contributed by atoms with van der Waals surface area (Å²) in [5.74, 6) is 1.95. The Morgan fingerprint density at radius 2 is 2.03 bits per heavy atom. The van der Waals surface area contributed by atoms with Crippen molar-refractivity contribution in [3.63, 3.8) is 0 Å². The van der Waals surface area contributed by atoms with Crippen LogP contribution in [0.4, 0.5) is 17.3 Å². The number of hydrogen-bond donors (Lipinski definition) is 1. The van der Waals surface area contributed by atoms with Crippen LogP contribution in [-0.4, -0.2) is 72.0 Å². The van der Waals surface area contributed by atoms with E-state index in [0.717, 1.165) is 80.3 Å². The van der Waals surface area contributed by atoms with Gasteiger partial charge in [0.05, 0.1) is 24.9 Å². The zero-order chi connectivity index (χ0) is 23.5. The Hall–Kier alpha value is -2.84. The Bertz CT molecular complexity index is 1100. The van der Waals surface area contributed by atoms with Crippen molar-refractivity contribution in [2.45, 2.75) is 39.3 Å². The Balaban J connectivity index is 1.37. The predicted octanol–water partition coefficient (Wildman–Crippen LogP) is 4.14. The number of fused-ring (bicyclic) bond motifs is 1. The van der Waals surface area contributed by atoms with Crippen LogP contribution in [0.3, 0.4) is 0 Å². The number of likely N-dealkylation sites (N-methyl/N-ethyl adjacent to an activating group) is 1. The predicted molar refractivity (Wildman–Crippen MR) is 136 cm³/mol. The highest BCUT2D eigenvalue weighted by atomic mass is 16.5. The molecule has 0 radical (unpaired) electrons. The first-order valence-electron chi connectivity index (χ1n) is 12.5. The molecule has 2 aromatic heterocycles. The molecule has 5 rings (SSSR count).